The lowest BCUT2D eigenvalue weighted by atomic mass is 10.3. The summed E-state index contributed by atoms with van der Waals surface area (Å²) in [7, 11) is -2.57. The van der Waals surface area contributed by atoms with E-state index in [1.54, 1.807) is 6.92 Å². The van der Waals surface area contributed by atoms with Gasteiger partial charge in [0.15, 0.2) is 0 Å². The zero-order valence-electron chi connectivity index (χ0n) is 11.1. The number of nitrogens with two attached hydrogens (primary N) is 1. The molecule has 1 rings (SSSR count). The van der Waals surface area contributed by atoms with Crippen molar-refractivity contribution >= 4 is 16.0 Å². The summed E-state index contributed by atoms with van der Waals surface area (Å²) >= 11 is 0. The highest BCUT2D eigenvalue weighted by Crippen LogP contribution is 2.19. The summed E-state index contributed by atoms with van der Waals surface area (Å²) in [5.41, 5.74) is 5.62. The van der Waals surface area contributed by atoms with Crippen LogP contribution in [0.2, 0.25) is 0 Å². The van der Waals surface area contributed by atoms with Crippen LogP contribution in [-0.2, 0) is 14.8 Å². The number of carbonyl (C=O) groups excluding carboxylic acids is 1. The minimum Gasteiger partial charge on any atom is -0.465 e. The minimum absolute atomic E-state index is 0.0927. The number of hydrogen-bond donors (Lipinski definition) is 2. The molecule has 0 spiro atoms. The predicted octanol–water partition coefficient (Wildman–Crippen LogP) is 0.390. The fourth-order valence-electron chi connectivity index (χ4n) is 1.39. The van der Waals surface area contributed by atoms with E-state index in [1.807, 2.05) is 0 Å². The van der Waals surface area contributed by atoms with E-state index in [4.69, 9.17) is 10.2 Å². The lowest BCUT2D eigenvalue weighted by Crippen LogP contribution is -2.28. The number of methoxy groups -OCH3 is 1. The summed E-state index contributed by atoms with van der Waals surface area (Å²) in [6.45, 7) is 3.47. The summed E-state index contributed by atoms with van der Waals surface area (Å²) < 4.78 is 35.7. The Balaban J connectivity index is 2.87. The van der Waals surface area contributed by atoms with Gasteiger partial charge in [0.2, 0.25) is 5.09 Å². The van der Waals surface area contributed by atoms with Gasteiger partial charge in [0.25, 0.3) is 10.0 Å². The maximum absolute atomic E-state index is 11.9. The first-order chi connectivity index (χ1) is 8.77. The molecule has 1 aromatic rings. The zero-order chi connectivity index (χ0) is 14.6. The Morgan fingerprint density at radius 3 is 2.74 bits per heavy atom. The topological polar surface area (TPSA) is 112 Å². The summed E-state index contributed by atoms with van der Waals surface area (Å²) in [6, 6.07) is 1.04. The molecule has 0 saturated carbocycles. The number of nitrogens with one attached hydrogen (secondary N) is 1. The Labute approximate surface area is 112 Å². The van der Waals surface area contributed by atoms with Gasteiger partial charge in [0, 0.05) is 18.7 Å². The molecular formula is C11H18N2O5S. The van der Waals surface area contributed by atoms with Gasteiger partial charge in [-0.1, -0.05) is 0 Å². The molecular weight excluding hydrogens is 272 g/mol. The van der Waals surface area contributed by atoms with Crippen LogP contribution in [0.1, 0.15) is 29.5 Å². The second-order valence-corrected chi connectivity index (χ2v) is 5.89. The van der Waals surface area contributed by atoms with Crippen molar-refractivity contribution in [3.63, 3.8) is 0 Å². The lowest BCUT2D eigenvalue weighted by molar-refractivity contribution is 0.0599. The third kappa shape index (κ3) is 4.05. The van der Waals surface area contributed by atoms with Gasteiger partial charge in [-0.3, -0.25) is 0 Å². The van der Waals surface area contributed by atoms with Crippen LogP contribution in [0.25, 0.3) is 0 Å². The average molecular weight is 290 g/mol. The van der Waals surface area contributed by atoms with E-state index in [1.165, 1.54) is 14.0 Å². The van der Waals surface area contributed by atoms with E-state index in [0.717, 1.165) is 6.07 Å². The monoisotopic (exact) mass is 290 g/mol. The normalized spacial score (nSPS) is 13.3. The molecule has 0 radical (unpaired) electrons. The molecule has 108 valence electrons. The third-order valence-corrected chi connectivity index (χ3v) is 3.77. The van der Waals surface area contributed by atoms with Crippen molar-refractivity contribution in [2.75, 3.05) is 13.7 Å². The number of furan rings is 1. The van der Waals surface area contributed by atoms with Gasteiger partial charge in [-0.15, -0.1) is 0 Å². The molecule has 1 unspecified atom stereocenters. The SMILES string of the molecule is COC(=O)c1cc(S(=O)(=O)NCCC(C)N)oc1C. The zero-order valence-corrected chi connectivity index (χ0v) is 11.9. The molecule has 0 saturated heterocycles. The molecule has 0 aliphatic rings. The maximum Gasteiger partial charge on any atom is 0.341 e. The summed E-state index contributed by atoms with van der Waals surface area (Å²) in [4.78, 5) is 11.4. The average Bonchev–Trinajstić information content (AvgIpc) is 2.70. The van der Waals surface area contributed by atoms with E-state index in [0.29, 0.717) is 6.42 Å². The maximum atomic E-state index is 11.9. The van der Waals surface area contributed by atoms with Crippen LogP contribution in [0.15, 0.2) is 15.6 Å². The Morgan fingerprint density at radius 1 is 1.58 bits per heavy atom. The molecule has 0 amide bonds. The van der Waals surface area contributed by atoms with Gasteiger partial charge in [-0.25, -0.2) is 17.9 Å². The van der Waals surface area contributed by atoms with Crippen LogP contribution in [0, 0.1) is 6.92 Å². The van der Waals surface area contributed by atoms with E-state index in [9.17, 15) is 13.2 Å². The highest BCUT2D eigenvalue weighted by atomic mass is 32.2. The Hall–Kier alpha value is -1.38. The van der Waals surface area contributed by atoms with Crippen LogP contribution in [0.5, 0.6) is 0 Å². The molecule has 1 atom stereocenters. The smallest absolute Gasteiger partial charge is 0.341 e. The number of esters is 1. The molecule has 19 heavy (non-hydrogen) atoms. The van der Waals surface area contributed by atoms with Crippen molar-refractivity contribution in [2.45, 2.75) is 31.4 Å². The first-order valence-corrected chi connectivity index (χ1v) is 7.20. The van der Waals surface area contributed by atoms with E-state index >= 15 is 0 Å². The van der Waals surface area contributed by atoms with Crippen LogP contribution >= 0.6 is 0 Å². The standard InChI is InChI=1S/C11H18N2O5S/c1-7(12)4-5-13-19(15,16)10-6-9(8(2)18-10)11(14)17-3/h6-7,13H,4-5,12H2,1-3H3. The second kappa shape index (κ2) is 6.18. The number of hydrogen-bond acceptors (Lipinski definition) is 6. The molecule has 0 fully saturated rings. The van der Waals surface area contributed by atoms with Crippen molar-refractivity contribution in [1.82, 2.24) is 4.72 Å². The Morgan fingerprint density at radius 2 is 2.21 bits per heavy atom. The molecule has 8 heteroatoms. The molecule has 0 aromatic carbocycles. The van der Waals surface area contributed by atoms with Gasteiger partial charge in [-0.2, -0.15) is 0 Å². The molecule has 1 aromatic heterocycles. The first-order valence-electron chi connectivity index (χ1n) is 5.72. The molecule has 0 bridgehead atoms. The summed E-state index contributed by atoms with van der Waals surface area (Å²) in [6.07, 6.45) is 0.503. The third-order valence-electron chi connectivity index (χ3n) is 2.46. The minimum atomic E-state index is -3.78. The molecule has 7 nitrogen and oxygen atoms in total. The summed E-state index contributed by atoms with van der Waals surface area (Å²) in [5, 5.41) is -0.310. The molecule has 0 aliphatic heterocycles. The number of carbonyl (C=O) groups is 1. The Kier molecular flexibility index (Phi) is 5.10. The molecule has 1 heterocycles. The number of sulfonamides is 1. The highest BCUT2D eigenvalue weighted by Gasteiger charge is 2.23. The fraction of sp³-hybridized carbons (Fsp3) is 0.545. The summed E-state index contributed by atoms with van der Waals surface area (Å²) in [5.74, 6) is -0.447. The van der Waals surface area contributed by atoms with Crippen molar-refractivity contribution in [2.24, 2.45) is 5.73 Å². The van der Waals surface area contributed by atoms with Crippen LogP contribution in [0.3, 0.4) is 0 Å². The fourth-order valence-corrected chi connectivity index (χ4v) is 2.43. The van der Waals surface area contributed by atoms with Gasteiger partial charge < -0.3 is 14.9 Å². The van der Waals surface area contributed by atoms with Crippen LogP contribution in [-0.4, -0.2) is 34.1 Å². The Bertz CT molecular complexity index is 547. The number of rotatable bonds is 6. The predicted molar refractivity (Wildman–Crippen MR) is 68.2 cm³/mol. The van der Waals surface area contributed by atoms with Crippen LogP contribution in [0.4, 0.5) is 0 Å². The number of aryl methyl sites for hydroxylation is 1. The van der Waals surface area contributed by atoms with Crippen molar-refractivity contribution < 1.29 is 22.4 Å². The first kappa shape index (κ1) is 15.7. The van der Waals surface area contributed by atoms with Gasteiger partial charge >= 0.3 is 5.97 Å². The highest BCUT2D eigenvalue weighted by molar-refractivity contribution is 7.89. The van der Waals surface area contributed by atoms with Crippen molar-refractivity contribution in [3.05, 3.63) is 17.4 Å². The molecule has 0 aliphatic carbocycles. The van der Waals surface area contributed by atoms with E-state index < -0.39 is 16.0 Å². The number of ether oxygens (including phenoxy) is 1. The van der Waals surface area contributed by atoms with Gasteiger partial charge in [0.05, 0.1) is 7.11 Å². The van der Waals surface area contributed by atoms with Gasteiger partial charge in [-0.05, 0) is 20.3 Å². The van der Waals surface area contributed by atoms with E-state index in [2.05, 4.69) is 9.46 Å². The largest absolute Gasteiger partial charge is 0.465 e. The van der Waals surface area contributed by atoms with Crippen molar-refractivity contribution in [1.29, 1.82) is 0 Å². The van der Waals surface area contributed by atoms with Gasteiger partial charge in [0.1, 0.15) is 11.3 Å². The lowest BCUT2D eigenvalue weighted by Gasteiger charge is -2.06. The molecule has 3 N–H and O–H groups in total. The second-order valence-electron chi connectivity index (χ2n) is 4.19. The van der Waals surface area contributed by atoms with Crippen LogP contribution < -0.4 is 10.5 Å². The van der Waals surface area contributed by atoms with E-state index in [-0.39, 0.29) is 29.0 Å². The quantitative estimate of drug-likeness (QED) is 0.733. The van der Waals surface area contributed by atoms with Crippen molar-refractivity contribution in [3.8, 4) is 0 Å².